The monoisotopic (exact) mass is 422 g/mol. The van der Waals surface area contributed by atoms with Crippen LogP contribution in [0.1, 0.15) is 21.9 Å². The van der Waals surface area contributed by atoms with Crippen molar-refractivity contribution >= 4 is 11.7 Å². The highest BCUT2D eigenvalue weighted by Crippen LogP contribution is 2.18. The first kappa shape index (κ1) is 20.8. The summed E-state index contributed by atoms with van der Waals surface area (Å²) >= 11 is 0. The first-order valence-electron chi connectivity index (χ1n) is 10.3. The van der Waals surface area contributed by atoms with E-state index in [0.29, 0.717) is 43.6 Å². The predicted octanol–water partition coefficient (Wildman–Crippen LogP) is 1.92. The molecule has 1 fully saturated rings. The van der Waals surface area contributed by atoms with Crippen molar-refractivity contribution in [2.75, 3.05) is 44.4 Å². The maximum atomic E-state index is 12.6. The Morgan fingerprint density at radius 3 is 2.71 bits per heavy atom. The molecule has 9 nitrogen and oxygen atoms in total. The molecule has 0 aliphatic carbocycles. The molecular weight excluding hydrogens is 396 g/mol. The number of ether oxygens (including phenoxy) is 2. The van der Waals surface area contributed by atoms with Crippen LogP contribution in [0.5, 0.6) is 5.88 Å². The number of morpholine rings is 1. The molecular formula is C22H26N6O3. The Morgan fingerprint density at radius 1 is 1.16 bits per heavy atom. The zero-order valence-electron chi connectivity index (χ0n) is 17.7. The molecule has 0 bridgehead atoms. The van der Waals surface area contributed by atoms with Crippen molar-refractivity contribution in [1.82, 2.24) is 25.1 Å². The van der Waals surface area contributed by atoms with E-state index < -0.39 is 0 Å². The summed E-state index contributed by atoms with van der Waals surface area (Å²) in [5, 5.41) is 7.22. The summed E-state index contributed by atoms with van der Waals surface area (Å²) in [5.74, 6) is 1.79. The van der Waals surface area contributed by atoms with Gasteiger partial charge in [0.05, 0.1) is 42.9 Å². The van der Waals surface area contributed by atoms with Crippen molar-refractivity contribution in [3.8, 4) is 11.6 Å². The number of para-hydroxylation sites is 1. The van der Waals surface area contributed by atoms with E-state index >= 15 is 0 Å². The first-order valence-corrected chi connectivity index (χ1v) is 10.3. The molecule has 0 saturated carbocycles. The minimum atomic E-state index is -0.184. The molecule has 9 heteroatoms. The SMILES string of the molecule is Cc1nc(OCCNC(=O)c2cnn(-c3ccccc3)c2C)cc(N2CCOCC2)n1. The maximum Gasteiger partial charge on any atom is 0.254 e. The van der Waals surface area contributed by atoms with Gasteiger partial charge in [-0.25, -0.2) is 9.67 Å². The molecule has 31 heavy (non-hydrogen) atoms. The zero-order chi connectivity index (χ0) is 21.6. The molecule has 1 aliphatic rings. The zero-order valence-corrected chi connectivity index (χ0v) is 17.7. The van der Waals surface area contributed by atoms with Crippen LogP contribution in [0.3, 0.4) is 0 Å². The summed E-state index contributed by atoms with van der Waals surface area (Å²) in [6, 6.07) is 11.5. The van der Waals surface area contributed by atoms with E-state index in [4.69, 9.17) is 9.47 Å². The standard InChI is InChI=1S/C22H26N6O3/c1-16-19(15-24-28(16)18-6-4-3-5-7-18)22(29)23-8-11-31-21-14-20(25-17(2)26-21)27-9-12-30-13-10-27/h3-7,14-15H,8-13H2,1-2H3,(H,23,29). The highest BCUT2D eigenvalue weighted by Gasteiger charge is 2.16. The van der Waals surface area contributed by atoms with Crippen molar-refractivity contribution in [2.45, 2.75) is 13.8 Å². The average Bonchev–Trinajstić information content (AvgIpc) is 3.19. The summed E-state index contributed by atoms with van der Waals surface area (Å²) in [7, 11) is 0. The number of nitrogens with one attached hydrogen (secondary N) is 1. The average molecular weight is 422 g/mol. The second-order valence-corrected chi connectivity index (χ2v) is 7.21. The fourth-order valence-electron chi connectivity index (χ4n) is 3.43. The van der Waals surface area contributed by atoms with Crippen molar-refractivity contribution in [2.24, 2.45) is 0 Å². The quantitative estimate of drug-likeness (QED) is 0.582. The largest absolute Gasteiger partial charge is 0.476 e. The van der Waals surface area contributed by atoms with Gasteiger partial charge in [0, 0.05) is 19.2 Å². The van der Waals surface area contributed by atoms with Gasteiger partial charge in [-0.1, -0.05) is 18.2 Å². The van der Waals surface area contributed by atoms with Crippen molar-refractivity contribution in [3.63, 3.8) is 0 Å². The Kier molecular flexibility index (Phi) is 6.42. The normalized spacial score (nSPS) is 13.8. The van der Waals surface area contributed by atoms with Gasteiger partial charge in [-0.05, 0) is 26.0 Å². The number of benzene rings is 1. The number of hydrogen-bond donors (Lipinski definition) is 1. The molecule has 1 saturated heterocycles. The minimum absolute atomic E-state index is 0.184. The van der Waals surface area contributed by atoms with Crippen LogP contribution in [0.15, 0.2) is 42.6 Å². The van der Waals surface area contributed by atoms with Gasteiger partial charge in [0.25, 0.3) is 5.91 Å². The molecule has 0 atom stereocenters. The van der Waals surface area contributed by atoms with Gasteiger partial charge in [0.1, 0.15) is 18.2 Å². The van der Waals surface area contributed by atoms with Gasteiger partial charge < -0.3 is 19.7 Å². The lowest BCUT2D eigenvalue weighted by atomic mass is 10.2. The van der Waals surface area contributed by atoms with Crippen LogP contribution in [0.25, 0.3) is 5.69 Å². The van der Waals surface area contributed by atoms with E-state index in [-0.39, 0.29) is 5.91 Å². The smallest absolute Gasteiger partial charge is 0.254 e. The molecule has 0 radical (unpaired) electrons. The van der Waals surface area contributed by atoms with Crippen LogP contribution in [0, 0.1) is 13.8 Å². The number of nitrogens with zero attached hydrogens (tertiary/aromatic N) is 5. The van der Waals surface area contributed by atoms with E-state index in [9.17, 15) is 4.79 Å². The van der Waals surface area contributed by atoms with Crippen LogP contribution in [0.4, 0.5) is 5.82 Å². The van der Waals surface area contributed by atoms with Gasteiger partial charge >= 0.3 is 0 Å². The number of rotatable bonds is 7. The van der Waals surface area contributed by atoms with Gasteiger partial charge in [0.2, 0.25) is 5.88 Å². The molecule has 3 heterocycles. The van der Waals surface area contributed by atoms with E-state index in [1.807, 2.05) is 50.2 Å². The van der Waals surface area contributed by atoms with Gasteiger partial charge in [-0.15, -0.1) is 0 Å². The third-order valence-corrected chi connectivity index (χ3v) is 5.03. The fraction of sp³-hybridized carbons (Fsp3) is 0.364. The predicted molar refractivity (Wildman–Crippen MR) is 116 cm³/mol. The Balaban J connectivity index is 1.32. The fourth-order valence-corrected chi connectivity index (χ4v) is 3.43. The second kappa shape index (κ2) is 9.57. The molecule has 1 aromatic carbocycles. The summed E-state index contributed by atoms with van der Waals surface area (Å²) in [6.45, 7) is 7.33. The molecule has 4 rings (SSSR count). The van der Waals surface area contributed by atoms with Crippen molar-refractivity contribution in [1.29, 1.82) is 0 Å². The lowest BCUT2D eigenvalue weighted by Crippen LogP contribution is -2.37. The summed E-state index contributed by atoms with van der Waals surface area (Å²) in [4.78, 5) is 23.6. The number of amides is 1. The molecule has 162 valence electrons. The van der Waals surface area contributed by atoms with Crippen LogP contribution in [-0.2, 0) is 4.74 Å². The molecule has 2 aromatic heterocycles. The molecule has 1 N–H and O–H groups in total. The number of hydrogen-bond acceptors (Lipinski definition) is 7. The molecule has 0 spiro atoms. The molecule has 3 aromatic rings. The van der Waals surface area contributed by atoms with E-state index in [0.717, 1.165) is 30.3 Å². The number of anilines is 1. The van der Waals surface area contributed by atoms with Crippen LogP contribution in [-0.4, -0.2) is 65.1 Å². The van der Waals surface area contributed by atoms with Crippen LogP contribution >= 0.6 is 0 Å². The van der Waals surface area contributed by atoms with Crippen molar-refractivity contribution < 1.29 is 14.3 Å². The van der Waals surface area contributed by atoms with Gasteiger partial charge in [-0.2, -0.15) is 10.1 Å². The topological polar surface area (TPSA) is 94.4 Å². The molecule has 1 amide bonds. The summed E-state index contributed by atoms with van der Waals surface area (Å²) < 4.78 is 12.9. The minimum Gasteiger partial charge on any atom is -0.476 e. The highest BCUT2D eigenvalue weighted by atomic mass is 16.5. The molecule has 1 aliphatic heterocycles. The van der Waals surface area contributed by atoms with E-state index in [1.165, 1.54) is 0 Å². The third-order valence-electron chi connectivity index (χ3n) is 5.03. The van der Waals surface area contributed by atoms with Crippen LogP contribution < -0.4 is 15.0 Å². The highest BCUT2D eigenvalue weighted by molar-refractivity contribution is 5.95. The van der Waals surface area contributed by atoms with Gasteiger partial charge in [0.15, 0.2) is 0 Å². The Morgan fingerprint density at radius 2 is 1.94 bits per heavy atom. The number of carbonyl (C=O) groups excluding carboxylic acids is 1. The number of aryl methyl sites for hydroxylation is 1. The second-order valence-electron chi connectivity index (χ2n) is 7.21. The van der Waals surface area contributed by atoms with Crippen LogP contribution in [0.2, 0.25) is 0 Å². The Labute approximate surface area is 181 Å². The molecule has 0 unspecified atom stereocenters. The Bertz CT molecular complexity index is 1030. The lowest BCUT2D eigenvalue weighted by molar-refractivity contribution is 0.0946. The summed E-state index contributed by atoms with van der Waals surface area (Å²) in [5.41, 5.74) is 2.24. The summed E-state index contributed by atoms with van der Waals surface area (Å²) in [6.07, 6.45) is 1.58. The van der Waals surface area contributed by atoms with E-state index in [2.05, 4.69) is 25.3 Å². The third kappa shape index (κ3) is 5.00. The van der Waals surface area contributed by atoms with E-state index in [1.54, 1.807) is 10.9 Å². The number of carbonyl (C=O) groups is 1. The Hall–Kier alpha value is -3.46. The first-order chi connectivity index (χ1) is 15.1. The maximum absolute atomic E-state index is 12.6. The number of aromatic nitrogens is 4. The lowest BCUT2D eigenvalue weighted by Gasteiger charge is -2.28. The van der Waals surface area contributed by atoms with Gasteiger partial charge in [-0.3, -0.25) is 4.79 Å². The van der Waals surface area contributed by atoms with Crippen molar-refractivity contribution in [3.05, 3.63) is 59.7 Å².